The Kier molecular flexibility index (Phi) is 4.43. The molecule has 0 unspecified atom stereocenters. The maximum atomic E-state index is 2.65. The van der Waals surface area contributed by atoms with Crippen molar-refractivity contribution in [1.29, 1.82) is 0 Å². The lowest BCUT2D eigenvalue weighted by Gasteiger charge is -2.36. The minimum atomic E-state index is -1.89. The van der Waals surface area contributed by atoms with Crippen molar-refractivity contribution in [3.63, 3.8) is 0 Å². The number of hydrogen-bond acceptors (Lipinski definition) is 0. The highest BCUT2D eigenvalue weighted by Crippen LogP contribution is 2.40. The van der Waals surface area contributed by atoms with E-state index in [1.807, 2.05) is 0 Å². The van der Waals surface area contributed by atoms with E-state index in [-0.39, 0.29) is 0 Å². The van der Waals surface area contributed by atoms with Crippen molar-refractivity contribution in [2.75, 3.05) is 0 Å². The van der Waals surface area contributed by atoms with E-state index in [2.05, 4.69) is 87.2 Å². The second-order valence-electron chi connectivity index (χ2n) is 10.8. The Bertz CT molecular complexity index is 1410. The number of pyridine rings is 1. The Balaban J connectivity index is 1.76. The smallest absolute Gasteiger partial charge is 0.200 e. The Labute approximate surface area is 193 Å². The number of nitrogens with zero attached hydrogens (tertiary/aromatic N) is 1. The maximum absolute atomic E-state index is 2.65. The molecule has 3 aromatic carbocycles. The second kappa shape index (κ2) is 7.02. The number of aromatic nitrogens is 1. The lowest BCUT2D eigenvalue weighted by Crippen LogP contribution is -2.59. The van der Waals surface area contributed by atoms with Crippen LogP contribution < -0.4 is 14.9 Å². The van der Waals surface area contributed by atoms with Gasteiger partial charge < -0.3 is 0 Å². The van der Waals surface area contributed by atoms with Crippen LogP contribution in [-0.4, -0.2) is 8.07 Å². The molecule has 162 valence electrons. The summed E-state index contributed by atoms with van der Waals surface area (Å²) >= 11 is 0. The van der Waals surface area contributed by atoms with E-state index >= 15 is 0 Å². The summed E-state index contributed by atoms with van der Waals surface area (Å²) in [7, 11) is 0.351. The number of aryl methyl sites for hydroxylation is 3. The SMILES string of the molecule is Cc1c2c(c(C)c3ccccc13)[Si](C)(C)c1cc(C3CCCCC3)cc3cc[n+](C)c-2c13. The number of rotatable bonds is 1. The second-order valence-corrected chi connectivity index (χ2v) is 15.1. The molecule has 0 bridgehead atoms. The van der Waals surface area contributed by atoms with Crippen LogP contribution in [0.3, 0.4) is 0 Å². The normalized spacial score (nSPS) is 17.7. The van der Waals surface area contributed by atoms with Gasteiger partial charge in [-0.15, -0.1) is 0 Å². The standard InChI is InChI=1S/C30H34NSi/c1-19-24-13-9-10-14-25(24)20(2)30-27(19)29-28-22(15-16-31(29)3)17-23(18-26(28)32(30,4)5)21-11-7-6-8-12-21/h9-10,13-18,21H,6-8,11-12H2,1-5H3/q+1. The summed E-state index contributed by atoms with van der Waals surface area (Å²) in [6, 6.07) is 16.6. The van der Waals surface area contributed by atoms with Gasteiger partial charge in [-0.3, -0.25) is 0 Å². The molecule has 1 nitrogen and oxygen atoms in total. The van der Waals surface area contributed by atoms with E-state index in [1.54, 1.807) is 15.9 Å². The molecule has 0 atom stereocenters. The summed E-state index contributed by atoms with van der Waals surface area (Å²) in [6.45, 7) is 9.93. The molecule has 1 aliphatic heterocycles. The van der Waals surface area contributed by atoms with Crippen LogP contribution in [0.15, 0.2) is 48.7 Å². The molecular weight excluding hydrogens is 402 g/mol. The predicted molar refractivity (Wildman–Crippen MR) is 140 cm³/mol. The van der Waals surface area contributed by atoms with Crippen molar-refractivity contribution in [2.24, 2.45) is 7.05 Å². The van der Waals surface area contributed by atoms with Gasteiger partial charge in [0.2, 0.25) is 5.69 Å². The molecule has 0 amide bonds. The molecule has 0 saturated heterocycles. The van der Waals surface area contributed by atoms with E-state index in [0.29, 0.717) is 0 Å². The maximum Gasteiger partial charge on any atom is 0.220 e. The summed E-state index contributed by atoms with van der Waals surface area (Å²) in [5.74, 6) is 0.743. The molecule has 32 heavy (non-hydrogen) atoms. The molecule has 2 heteroatoms. The summed E-state index contributed by atoms with van der Waals surface area (Å²) in [6.07, 6.45) is 9.21. The van der Waals surface area contributed by atoms with Crippen molar-refractivity contribution in [2.45, 2.75) is 65.0 Å². The van der Waals surface area contributed by atoms with E-state index in [9.17, 15) is 0 Å². The Morgan fingerprint density at radius 1 is 0.875 bits per heavy atom. The van der Waals surface area contributed by atoms with Gasteiger partial charge in [0, 0.05) is 6.07 Å². The van der Waals surface area contributed by atoms with Crippen LogP contribution in [0.4, 0.5) is 0 Å². The van der Waals surface area contributed by atoms with Crippen LogP contribution in [0, 0.1) is 13.8 Å². The van der Waals surface area contributed by atoms with Gasteiger partial charge in [-0.2, -0.15) is 0 Å². The first-order valence-electron chi connectivity index (χ1n) is 12.4. The van der Waals surface area contributed by atoms with Crippen molar-refractivity contribution in [1.82, 2.24) is 0 Å². The Morgan fingerprint density at radius 3 is 2.28 bits per heavy atom. The fraction of sp³-hybridized carbons (Fsp3) is 0.367. The van der Waals surface area contributed by atoms with Gasteiger partial charge in [-0.25, -0.2) is 4.57 Å². The van der Waals surface area contributed by atoms with E-state index < -0.39 is 8.07 Å². The van der Waals surface area contributed by atoms with Gasteiger partial charge in [0.1, 0.15) is 15.1 Å². The number of hydrogen-bond donors (Lipinski definition) is 0. The quantitative estimate of drug-likeness (QED) is 0.244. The molecule has 0 N–H and O–H groups in total. The highest BCUT2D eigenvalue weighted by molar-refractivity contribution is 7.03. The molecule has 1 aromatic heterocycles. The molecule has 1 saturated carbocycles. The topological polar surface area (TPSA) is 3.88 Å². The zero-order valence-electron chi connectivity index (χ0n) is 20.2. The third-order valence-corrected chi connectivity index (χ3v) is 12.2. The lowest BCUT2D eigenvalue weighted by molar-refractivity contribution is -0.659. The van der Waals surface area contributed by atoms with Gasteiger partial charge in [0.05, 0.1) is 10.9 Å². The monoisotopic (exact) mass is 436 g/mol. The van der Waals surface area contributed by atoms with E-state index in [1.165, 1.54) is 76.0 Å². The summed E-state index contributed by atoms with van der Waals surface area (Å²) < 4.78 is 2.38. The minimum absolute atomic E-state index is 0.743. The van der Waals surface area contributed by atoms with Gasteiger partial charge >= 0.3 is 0 Å². The van der Waals surface area contributed by atoms with Crippen LogP contribution in [0.1, 0.15) is 54.7 Å². The van der Waals surface area contributed by atoms with Gasteiger partial charge in [0.15, 0.2) is 6.20 Å². The number of fused-ring (bicyclic) bond motifs is 3. The highest BCUT2D eigenvalue weighted by atomic mass is 28.3. The Morgan fingerprint density at radius 2 is 1.56 bits per heavy atom. The third kappa shape index (κ3) is 2.65. The summed E-state index contributed by atoms with van der Waals surface area (Å²) in [5.41, 5.74) is 7.51. The van der Waals surface area contributed by atoms with Crippen molar-refractivity contribution < 1.29 is 4.57 Å². The zero-order chi connectivity index (χ0) is 22.2. The molecule has 4 aromatic rings. The first kappa shape index (κ1) is 20.2. The van der Waals surface area contributed by atoms with Crippen LogP contribution in [0.5, 0.6) is 0 Å². The van der Waals surface area contributed by atoms with Crippen LogP contribution in [0.25, 0.3) is 32.8 Å². The summed E-state index contributed by atoms with van der Waals surface area (Å²) in [4.78, 5) is 0. The first-order chi connectivity index (χ1) is 15.4. The van der Waals surface area contributed by atoms with E-state index in [0.717, 1.165) is 5.92 Å². The molecule has 0 spiro atoms. The average molecular weight is 437 g/mol. The highest BCUT2D eigenvalue weighted by Gasteiger charge is 2.42. The van der Waals surface area contributed by atoms with Crippen LogP contribution in [-0.2, 0) is 7.05 Å². The van der Waals surface area contributed by atoms with Crippen molar-refractivity contribution in [3.8, 4) is 11.3 Å². The number of benzene rings is 3. The van der Waals surface area contributed by atoms with Gasteiger partial charge in [0.25, 0.3) is 0 Å². The molecule has 2 aliphatic rings. The van der Waals surface area contributed by atoms with Crippen molar-refractivity contribution >= 4 is 40.0 Å². The molecule has 0 radical (unpaired) electrons. The fourth-order valence-corrected chi connectivity index (χ4v) is 10.7. The van der Waals surface area contributed by atoms with Gasteiger partial charge in [-0.05, 0) is 75.8 Å². The van der Waals surface area contributed by atoms with Crippen molar-refractivity contribution in [3.05, 3.63) is 65.4 Å². The average Bonchev–Trinajstić information content (AvgIpc) is 2.81. The molecule has 1 fully saturated rings. The molecular formula is C30H34NSi+. The van der Waals surface area contributed by atoms with Crippen LogP contribution >= 0.6 is 0 Å². The molecule has 2 heterocycles. The minimum Gasteiger partial charge on any atom is -0.200 e. The molecule has 1 aliphatic carbocycles. The lowest BCUT2D eigenvalue weighted by atomic mass is 9.83. The largest absolute Gasteiger partial charge is 0.220 e. The van der Waals surface area contributed by atoms with E-state index in [4.69, 9.17) is 0 Å². The zero-order valence-corrected chi connectivity index (χ0v) is 21.2. The molecule has 6 rings (SSSR count). The summed E-state index contributed by atoms with van der Waals surface area (Å²) in [5, 5.41) is 9.14. The predicted octanol–water partition coefficient (Wildman–Crippen LogP) is 6.29. The van der Waals surface area contributed by atoms with Gasteiger partial charge in [-0.1, -0.05) is 68.8 Å². The van der Waals surface area contributed by atoms with Crippen LogP contribution in [0.2, 0.25) is 13.1 Å². The Hall–Kier alpha value is -2.45. The fourth-order valence-electron chi connectivity index (χ4n) is 6.99. The first-order valence-corrected chi connectivity index (χ1v) is 15.4. The third-order valence-electron chi connectivity index (χ3n) is 8.61.